The Labute approximate surface area is 128 Å². The summed E-state index contributed by atoms with van der Waals surface area (Å²) in [6.45, 7) is 5.12. The molecule has 1 rings (SSSR count). The number of aliphatic hydroxyl groups is 1. The summed E-state index contributed by atoms with van der Waals surface area (Å²) in [5.41, 5.74) is -0.542. The number of aliphatic hydroxyl groups excluding tert-OH is 1. The molecule has 0 aliphatic carbocycles. The van der Waals surface area contributed by atoms with Crippen LogP contribution in [-0.2, 0) is 14.3 Å². The molecule has 1 amide bonds. The number of benzene rings is 1. The van der Waals surface area contributed by atoms with Gasteiger partial charge in [0.2, 0.25) is 0 Å². The number of esters is 1. The highest BCUT2D eigenvalue weighted by atomic mass is 19.1. The number of carbonyl (C=O) groups excluding carboxylic acids is 2. The van der Waals surface area contributed by atoms with E-state index in [0.717, 1.165) is 6.07 Å². The van der Waals surface area contributed by atoms with Crippen molar-refractivity contribution in [3.8, 4) is 0 Å². The van der Waals surface area contributed by atoms with Gasteiger partial charge in [-0.2, -0.15) is 0 Å². The minimum absolute atomic E-state index is 0.0554. The minimum atomic E-state index is -1.32. The van der Waals surface area contributed by atoms with Crippen molar-refractivity contribution in [2.45, 2.75) is 38.9 Å². The van der Waals surface area contributed by atoms with Gasteiger partial charge in [0.25, 0.3) is 0 Å². The van der Waals surface area contributed by atoms with Crippen LogP contribution in [0.25, 0.3) is 0 Å². The normalized spacial score (nSPS) is 12.5. The summed E-state index contributed by atoms with van der Waals surface area (Å²) in [5, 5.41) is 12.2. The Morgan fingerprint density at radius 3 is 2.50 bits per heavy atom. The van der Waals surface area contributed by atoms with Crippen molar-refractivity contribution in [2.24, 2.45) is 0 Å². The number of anilines is 1. The zero-order valence-corrected chi connectivity index (χ0v) is 13.0. The van der Waals surface area contributed by atoms with Crippen LogP contribution in [0.2, 0.25) is 0 Å². The fourth-order valence-electron chi connectivity index (χ4n) is 1.65. The number of halogens is 1. The van der Waals surface area contributed by atoms with Crippen LogP contribution < -0.4 is 5.32 Å². The summed E-state index contributed by atoms with van der Waals surface area (Å²) in [7, 11) is 1.18. The maximum absolute atomic E-state index is 13.9. The molecule has 22 heavy (non-hydrogen) atoms. The number of nitrogens with one attached hydrogen (secondary N) is 1. The summed E-state index contributed by atoms with van der Waals surface area (Å²) in [5.74, 6) is -1.40. The molecule has 1 aromatic rings. The molecule has 0 aliphatic rings. The molecule has 0 radical (unpaired) electrons. The molecule has 0 saturated carbocycles. The molecular formula is C15H20FNO5. The van der Waals surface area contributed by atoms with Gasteiger partial charge in [0.05, 0.1) is 19.6 Å². The molecular weight excluding hydrogens is 293 g/mol. The van der Waals surface area contributed by atoms with Crippen LogP contribution in [0.15, 0.2) is 18.2 Å². The van der Waals surface area contributed by atoms with Crippen LogP contribution in [0.4, 0.5) is 14.9 Å². The van der Waals surface area contributed by atoms with Crippen LogP contribution in [0, 0.1) is 5.82 Å². The van der Waals surface area contributed by atoms with E-state index < -0.39 is 29.6 Å². The number of rotatable bonds is 4. The number of amides is 1. The second-order valence-corrected chi connectivity index (χ2v) is 5.66. The van der Waals surface area contributed by atoms with Crippen LogP contribution >= 0.6 is 0 Å². The van der Waals surface area contributed by atoms with Crippen molar-refractivity contribution >= 4 is 17.7 Å². The highest BCUT2D eigenvalue weighted by Crippen LogP contribution is 2.23. The summed E-state index contributed by atoms with van der Waals surface area (Å²) in [4.78, 5) is 22.7. The number of methoxy groups -OCH3 is 1. The van der Waals surface area contributed by atoms with E-state index in [9.17, 15) is 19.1 Å². The molecule has 0 aliphatic heterocycles. The van der Waals surface area contributed by atoms with Gasteiger partial charge in [-0.25, -0.2) is 9.18 Å². The summed E-state index contributed by atoms with van der Waals surface area (Å²) < 4.78 is 23.4. The summed E-state index contributed by atoms with van der Waals surface area (Å²) in [6.07, 6.45) is -2.38. The van der Waals surface area contributed by atoms with E-state index in [1.807, 2.05) is 0 Å². The summed E-state index contributed by atoms with van der Waals surface area (Å²) >= 11 is 0. The molecule has 0 heterocycles. The van der Waals surface area contributed by atoms with Crippen LogP contribution in [-0.4, -0.2) is 29.9 Å². The predicted molar refractivity (Wildman–Crippen MR) is 77.8 cm³/mol. The number of carbonyl (C=O) groups is 2. The Morgan fingerprint density at radius 1 is 1.36 bits per heavy atom. The predicted octanol–water partition coefficient (Wildman–Crippen LogP) is 2.77. The van der Waals surface area contributed by atoms with E-state index in [-0.39, 0.29) is 17.7 Å². The molecule has 6 nitrogen and oxygen atoms in total. The zero-order valence-electron chi connectivity index (χ0n) is 13.0. The lowest BCUT2D eigenvalue weighted by Crippen LogP contribution is -2.27. The van der Waals surface area contributed by atoms with Crippen molar-refractivity contribution < 1.29 is 28.6 Å². The van der Waals surface area contributed by atoms with Gasteiger partial charge < -0.3 is 14.6 Å². The molecule has 0 aromatic heterocycles. The van der Waals surface area contributed by atoms with E-state index >= 15 is 0 Å². The first kappa shape index (κ1) is 17.9. The minimum Gasteiger partial charge on any atom is -0.469 e. The van der Waals surface area contributed by atoms with Crippen LogP contribution in [0.3, 0.4) is 0 Å². The third-order valence-electron chi connectivity index (χ3n) is 2.59. The van der Waals surface area contributed by atoms with Gasteiger partial charge >= 0.3 is 12.1 Å². The third-order valence-corrected chi connectivity index (χ3v) is 2.59. The van der Waals surface area contributed by atoms with E-state index in [2.05, 4.69) is 10.1 Å². The fourth-order valence-corrected chi connectivity index (χ4v) is 1.65. The van der Waals surface area contributed by atoms with E-state index in [1.54, 1.807) is 20.8 Å². The molecule has 0 fully saturated rings. The SMILES string of the molecule is COC(=O)CC(O)c1ccc(NC(=O)OC(C)(C)C)cc1F. The van der Waals surface area contributed by atoms with Gasteiger partial charge in [-0.05, 0) is 32.9 Å². The monoisotopic (exact) mass is 313 g/mol. The highest BCUT2D eigenvalue weighted by Gasteiger charge is 2.19. The second kappa shape index (κ2) is 7.22. The average Bonchev–Trinajstić information content (AvgIpc) is 2.35. The number of hydrogen-bond acceptors (Lipinski definition) is 5. The van der Waals surface area contributed by atoms with E-state index in [1.165, 1.54) is 19.2 Å². The van der Waals surface area contributed by atoms with Gasteiger partial charge in [0.1, 0.15) is 11.4 Å². The Kier molecular flexibility index (Phi) is 5.87. The topological polar surface area (TPSA) is 84.9 Å². The van der Waals surface area contributed by atoms with Gasteiger partial charge in [-0.15, -0.1) is 0 Å². The summed E-state index contributed by atoms with van der Waals surface area (Å²) in [6, 6.07) is 3.73. The van der Waals surface area contributed by atoms with Crippen LogP contribution in [0.1, 0.15) is 38.9 Å². The maximum atomic E-state index is 13.9. The number of ether oxygens (including phenoxy) is 2. The average molecular weight is 313 g/mol. The van der Waals surface area contributed by atoms with E-state index in [0.29, 0.717) is 0 Å². The molecule has 0 bridgehead atoms. The fraction of sp³-hybridized carbons (Fsp3) is 0.467. The first-order chi connectivity index (χ1) is 10.1. The highest BCUT2D eigenvalue weighted by molar-refractivity contribution is 5.84. The molecule has 1 aromatic carbocycles. The molecule has 2 N–H and O–H groups in total. The Balaban J connectivity index is 2.77. The van der Waals surface area contributed by atoms with Gasteiger partial charge in [-0.3, -0.25) is 10.1 Å². The first-order valence-electron chi connectivity index (χ1n) is 6.66. The van der Waals surface area contributed by atoms with Crippen molar-refractivity contribution in [1.29, 1.82) is 0 Å². The smallest absolute Gasteiger partial charge is 0.412 e. The second-order valence-electron chi connectivity index (χ2n) is 5.66. The van der Waals surface area contributed by atoms with Gasteiger partial charge in [-0.1, -0.05) is 6.07 Å². The van der Waals surface area contributed by atoms with E-state index in [4.69, 9.17) is 4.74 Å². The lowest BCUT2D eigenvalue weighted by atomic mass is 10.1. The van der Waals surface area contributed by atoms with Crippen molar-refractivity contribution in [1.82, 2.24) is 0 Å². The van der Waals surface area contributed by atoms with Crippen molar-refractivity contribution in [3.05, 3.63) is 29.6 Å². The van der Waals surface area contributed by atoms with Crippen LogP contribution in [0.5, 0.6) is 0 Å². The maximum Gasteiger partial charge on any atom is 0.412 e. The number of hydrogen-bond donors (Lipinski definition) is 2. The Morgan fingerprint density at radius 2 is 2.00 bits per heavy atom. The van der Waals surface area contributed by atoms with Crippen molar-refractivity contribution in [2.75, 3.05) is 12.4 Å². The molecule has 1 unspecified atom stereocenters. The molecule has 0 saturated heterocycles. The van der Waals surface area contributed by atoms with Gasteiger partial charge in [0.15, 0.2) is 0 Å². The molecule has 0 spiro atoms. The quantitative estimate of drug-likeness (QED) is 0.835. The largest absolute Gasteiger partial charge is 0.469 e. The third kappa shape index (κ3) is 5.69. The molecule has 122 valence electrons. The van der Waals surface area contributed by atoms with Crippen molar-refractivity contribution in [3.63, 3.8) is 0 Å². The first-order valence-corrected chi connectivity index (χ1v) is 6.66. The lowest BCUT2D eigenvalue weighted by molar-refractivity contribution is -0.142. The lowest BCUT2D eigenvalue weighted by Gasteiger charge is -2.20. The van der Waals surface area contributed by atoms with Gasteiger partial charge in [0, 0.05) is 11.3 Å². The Bertz CT molecular complexity index is 553. The Hall–Kier alpha value is -2.15. The zero-order chi connectivity index (χ0) is 16.9. The molecule has 1 atom stereocenters. The molecule has 7 heteroatoms. The standard InChI is InChI=1S/C15H20FNO5/c1-15(2,3)22-14(20)17-9-5-6-10(11(16)7-9)12(18)8-13(19)21-4/h5-7,12,18H,8H2,1-4H3,(H,17,20).